The summed E-state index contributed by atoms with van der Waals surface area (Å²) < 4.78 is 0. The Morgan fingerprint density at radius 3 is 2.94 bits per heavy atom. The summed E-state index contributed by atoms with van der Waals surface area (Å²) in [7, 11) is 0. The molecule has 0 spiro atoms. The van der Waals surface area contributed by atoms with Gasteiger partial charge in [-0.05, 0) is 24.4 Å². The minimum absolute atomic E-state index is 1.04. The highest BCUT2D eigenvalue weighted by molar-refractivity contribution is 7.23. The molecule has 3 rings (SSSR count). The van der Waals surface area contributed by atoms with Crippen LogP contribution < -0.4 is 0 Å². The Bertz CT molecular complexity index is 579. The molecule has 1 N–H and O–H groups in total. The van der Waals surface area contributed by atoms with Crippen LogP contribution in [0.2, 0.25) is 0 Å². The van der Waals surface area contributed by atoms with E-state index in [1.807, 2.05) is 19.1 Å². The average molecular weight is 247 g/mol. The Hall–Kier alpha value is -1.46. The molecule has 0 atom stereocenters. The van der Waals surface area contributed by atoms with E-state index < -0.39 is 0 Å². The molecule has 0 amide bonds. The monoisotopic (exact) mass is 247 g/mol. The van der Waals surface area contributed by atoms with Gasteiger partial charge in [-0.1, -0.05) is 6.07 Å². The average Bonchev–Trinajstić information content (AvgIpc) is 2.97. The summed E-state index contributed by atoms with van der Waals surface area (Å²) in [5.74, 6) is 0. The summed E-state index contributed by atoms with van der Waals surface area (Å²) in [5, 5.41) is 10.1. The van der Waals surface area contributed by atoms with Gasteiger partial charge < -0.3 is 0 Å². The number of nitrogens with one attached hydrogen (secondary N) is 1. The summed E-state index contributed by atoms with van der Waals surface area (Å²) in [6.45, 7) is 2.03. The van der Waals surface area contributed by atoms with Crippen LogP contribution >= 0.6 is 22.7 Å². The summed E-state index contributed by atoms with van der Waals surface area (Å²) in [6, 6.07) is 6.12. The van der Waals surface area contributed by atoms with Gasteiger partial charge in [0.05, 0.1) is 21.1 Å². The lowest BCUT2D eigenvalue weighted by atomic mass is 10.3. The minimum atomic E-state index is 1.04. The van der Waals surface area contributed by atoms with Gasteiger partial charge in [0.15, 0.2) is 0 Å². The van der Waals surface area contributed by atoms with Crippen LogP contribution in [-0.2, 0) is 0 Å². The number of thiazole rings is 1. The van der Waals surface area contributed by atoms with E-state index >= 15 is 0 Å². The third-order valence-corrected chi connectivity index (χ3v) is 4.50. The maximum absolute atomic E-state index is 4.59. The van der Waals surface area contributed by atoms with E-state index in [0.29, 0.717) is 0 Å². The molecule has 5 heteroatoms. The largest absolute Gasteiger partial charge is 0.277 e. The van der Waals surface area contributed by atoms with Gasteiger partial charge in [-0.25, -0.2) is 4.98 Å². The molecule has 0 saturated carbocycles. The third-order valence-electron chi connectivity index (χ3n) is 2.27. The number of nitrogens with zero attached hydrogens (tertiary/aromatic N) is 2. The molecule has 0 fully saturated rings. The zero-order valence-electron chi connectivity index (χ0n) is 8.60. The molecule has 16 heavy (non-hydrogen) atoms. The standard InChI is InChI=1S/C11H9N3S2/c1-7-10(8-4-5-12-14-8)16-11(13-7)9-3-2-6-15-9/h2-6H,1H3,(H,12,14). The van der Waals surface area contributed by atoms with Crippen LogP contribution in [0, 0.1) is 6.92 Å². The third kappa shape index (κ3) is 1.58. The molecule has 0 aliphatic carbocycles. The summed E-state index contributed by atoms with van der Waals surface area (Å²) in [6.07, 6.45) is 1.76. The summed E-state index contributed by atoms with van der Waals surface area (Å²) >= 11 is 3.42. The second kappa shape index (κ2) is 3.84. The van der Waals surface area contributed by atoms with Crippen molar-refractivity contribution in [3.63, 3.8) is 0 Å². The molecule has 0 unspecified atom stereocenters. The fraction of sp³-hybridized carbons (Fsp3) is 0.0909. The van der Waals surface area contributed by atoms with E-state index in [-0.39, 0.29) is 0 Å². The SMILES string of the molecule is Cc1nc(-c2cccs2)sc1-c1ccn[nH]1. The predicted molar refractivity (Wildman–Crippen MR) is 67.7 cm³/mol. The van der Waals surface area contributed by atoms with Gasteiger partial charge >= 0.3 is 0 Å². The zero-order valence-corrected chi connectivity index (χ0v) is 10.2. The van der Waals surface area contributed by atoms with Crippen molar-refractivity contribution in [3.8, 4) is 20.5 Å². The number of thiophene rings is 1. The Morgan fingerprint density at radius 1 is 1.31 bits per heavy atom. The Balaban J connectivity index is 2.09. The summed E-state index contributed by atoms with van der Waals surface area (Å²) in [4.78, 5) is 6.98. The smallest absolute Gasteiger partial charge is 0.134 e. The second-order valence-electron chi connectivity index (χ2n) is 3.38. The van der Waals surface area contributed by atoms with Crippen molar-refractivity contribution < 1.29 is 0 Å². The highest BCUT2D eigenvalue weighted by Crippen LogP contribution is 2.35. The number of H-pyrrole nitrogens is 1. The number of rotatable bonds is 2. The molecule has 0 saturated heterocycles. The minimum Gasteiger partial charge on any atom is -0.277 e. The van der Waals surface area contributed by atoms with Crippen LogP contribution in [0.25, 0.3) is 20.5 Å². The predicted octanol–water partition coefficient (Wildman–Crippen LogP) is 3.57. The van der Waals surface area contributed by atoms with E-state index in [1.165, 1.54) is 9.75 Å². The van der Waals surface area contributed by atoms with Crippen LogP contribution in [0.4, 0.5) is 0 Å². The van der Waals surface area contributed by atoms with Crippen LogP contribution in [0.5, 0.6) is 0 Å². The van der Waals surface area contributed by atoms with Gasteiger partial charge in [0.2, 0.25) is 0 Å². The van der Waals surface area contributed by atoms with Crippen molar-refractivity contribution >= 4 is 22.7 Å². The fourth-order valence-electron chi connectivity index (χ4n) is 1.53. The molecule has 0 aliphatic heterocycles. The molecule has 3 nitrogen and oxygen atoms in total. The van der Waals surface area contributed by atoms with E-state index in [1.54, 1.807) is 28.9 Å². The molecule has 3 aromatic heterocycles. The molecule has 3 heterocycles. The quantitative estimate of drug-likeness (QED) is 0.752. The van der Waals surface area contributed by atoms with Gasteiger partial charge in [-0.2, -0.15) is 5.10 Å². The molecule has 0 radical (unpaired) electrons. The zero-order chi connectivity index (χ0) is 11.0. The first kappa shape index (κ1) is 9.74. The van der Waals surface area contributed by atoms with Crippen molar-refractivity contribution in [2.75, 3.05) is 0 Å². The van der Waals surface area contributed by atoms with Crippen molar-refractivity contribution in [3.05, 3.63) is 35.5 Å². The Morgan fingerprint density at radius 2 is 2.25 bits per heavy atom. The van der Waals surface area contributed by atoms with Gasteiger partial charge in [-0.15, -0.1) is 22.7 Å². The van der Waals surface area contributed by atoms with Gasteiger partial charge in [-0.3, -0.25) is 5.10 Å². The maximum Gasteiger partial charge on any atom is 0.134 e. The van der Waals surface area contributed by atoms with Crippen molar-refractivity contribution in [2.45, 2.75) is 6.92 Å². The first-order chi connectivity index (χ1) is 7.84. The molecular weight excluding hydrogens is 238 g/mol. The van der Waals surface area contributed by atoms with E-state index in [0.717, 1.165) is 16.4 Å². The Kier molecular flexibility index (Phi) is 2.34. The second-order valence-corrected chi connectivity index (χ2v) is 5.33. The van der Waals surface area contributed by atoms with E-state index in [4.69, 9.17) is 0 Å². The number of aromatic nitrogens is 3. The maximum atomic E-state index is 4.59. The number of aromatic amines is 1. The van der Waals surface area contributed by atoms with Crippen LogP contribution in [0.15, 0.2) is 29.8 Å². The number of hydrogen-bond donors (Lipinski definition) is 1. The van der Waals surface area contributed by atoms with Gasteiger partial charge in [0.25, 0.3) is 0 Å². The highest BCUT2D eigenvalue weighted by Gasteiger charge is 2.12. The fourth-order valence-corrected chi connectivity index (χ4v) is 3.37. The van der Waals surface area contributed by atoms with Crippen molar-refractivity contribution in [2.24, 2.45) is 0 Å². The first-order valence-corrected chi connectivity index (χ1v) is 6.55. The normalized spacial score (nSPS) is 10.8. The molecule has 0 aliphatic rings. The van der Waals surface area contributed by atoms with Gasteiger partial charge in [0, 0.05) is 6.20 Å². The topological polar surface area (TPSA) is 41.6 Å². The van der Waals surface area contributed by atoms with Crippen molar-refractivity contribution in [1.82, 2.24) is 15.2 Å². The van der Waals surface area contributed by atoms with E-state index in [2.05, 4.69) is 26.6 Å². The molecule has 0 aromatic carbocycles. The van der Waals surface area contributed by atoms with Crippen molar-refractivity contribution in [1.29, 1.82) is 0 Å². The molecular formula is C11H9N3S2. The molecule has 0 bridgehead atoms. The lowest BCUT2D eigenvalue weighted by Gasteiger charge is -1.90. The lowest BCUT2D eigenvalue weighted by molar-refractivity contribution is 1.09. The first-order valence-electron chi connectivity index (χ1n) is 4.85. The van der Waals surface area contributed by atoms with Crippen LogP contribution in [0.1, 0.15) is 5.69 Å². The Labute approximate surface area is 101 Å². The van der Waals surface area contributed by atoms with Gasteiger partial charge in [0.1, 0.15) is 5.01 Å². The van der Waals surface area contributed by atoms with Crippen LogP contribution in [0.3, 0.4) is 0 Å². The number of aryl methyl sites for hydroxylation is 1. The lowest BCUT2D eigenvalue weighted by Crippen LogP contribution is -1.77. The van der Waals surface area contributed by atoms with E-state index in [9.17, 15) is 0 Å². The highest BCUT2D eigenvalue weighted by atomic mass is 32.1. The number of hydrogen-bond acceptors (Lipinski definition) is 4. The summed E-state index contributed by atoms with van der Waals surface area (Å²) in [5.41, 5.74) is 2.09. The van der Waals surface area contributed by atoms with Crippen LogP contribution in [-0.4, -0.2) is 15.2 Å². The molecule has 3 aromatic rings. The molecule has 80 valence electrons.